The number of nitrogens with one attached hydrogen (secondary N) is 1. The maximum absolute atomic E-state index is 6.11. The second kappa shape index (κ2) is 8.73. The SMILES string of the molecule is NC(=S)N/N=C/c1ccc(CN2CCN(c3ccc(Cl)c(Cl)c3)CC2)o1. The van der Waals surface area contributed by atoms with E-state index in [1.54, 1.807) is 6.21 Å². The summed E-state index contributed by atoms with van der Waals surface area (Å²) in [4.78, 5) is 4.65. The third-order valence-corrected chi connectivity index (χ3v) is 4.90. The normalized spacial score (nSPS) is 15.5. The Morgan fingerprint density at radius 3 is 2.65 bits per heavy atom. The largest absolute Gasteiger partial charge is 0.459 e. The first-order valence-corrected chi connectivity index (χ1v) is 9.27. The van der Waals surface area contributed by atoms with Gasteiger partial charge in [-0.05, 0) is 42.5 Å². The van der Waals surface area contributed by atoms with Gasteiger partial charge in [-0.15, -0.1) is 0 Å². The Morgan fingerprint density at radius 1 is 1.19 bits per heavy atom. The molecule has 3 N–H and O–H groups in total. The van der Waals surface area contributed by atoms with Crippen molar-refractivity contribution >= 4 is 52.4 Å². The van der Waals surface area contributed by atoms with Crippen molar-refractivity contribution in [2.75, 3.05) is 31.1 Å². The van der Waals surface area contributed by atoms with Gasteiger partial charge in [0.05, 0.1) is 22.8 Å². The van der Waals surface area contributed by atoms with Crippen LogP contribution in [0.5, 0.6) is 0 Å². The molecule has 2 aromatic rings. The summed E-state index contributed by atoms with van der Waals surface area (Å²) in [5.74, 6) is 1.54. The Bertz CT molecular complexity index is 802. The van der Waals surface area contributed by atoms with Gasteiger partial charge in [0.25, 0.3) is 0 Å². The predicted molar refractivity (Wildman–Crippen MR) is 110 cm³/mol. The van der Waals surface area contributed by atoms with Crippen molar-refractivity contribution in [3.05, 3.63) is 51.9 Å². The molecule has 0 atom stereocenters. The van der Waals surface area contributed by atoms with E-state index < -0.39 is 0 Å². The van der Waals surface area contributed by atoms with E-state index in [4.69, 9.17) is 33.4 Å². The van der Waals surface area contributed by atoms with E-state index in [1.807, 2.05) is 30.3 Å². The van der Waals surface area contributed by atoms with Crippen LogP contribution in [0.25, 0.3) is 0 Å². The molecule has 0 bridgehead atoms. The number of furan rings is 1. The zero-order chi connectivity index (χ0) is 18.5. The first-order valence-electron chi connectivity index (χ1n) is 8.11. The first-order chi connectivity index (χ1) is 12.5. The molecule has 2 heterocycles. The molecule has 0 saturated carbocycles. The van der Waals surface area contributed by atoms with Gasteiger partial charge in [-0.1, -0.05) is 23.2 Å². The number of rotatable bonds is 5. The zero-order valence-corrected chi connectivity index (χ0v) is 16.3. The Hall–Kier alpha value is -1.80. The molecule has 0 radical (unpaired) electrons. The minimum absolute atomic E-state index is 0.118. The summed E-state index contributed by atoms with van der Waals surface area (Å²) >= 11 is 16.8. The minimum atomic E-state index is 0.118. The monoisotopic (exact) mass is 411 g/mol. The van der Waals surface area contributed by atoms with Crippen LogP contribution in [0.2, 0.25) is 10.0 Å². The van der Waals surface area contributed by atoms with Gasteiger partial charge >= 0.3 is 0 Å². The summed E-state index contributed by atoms with van der Waals surface area (Å²) in [5, 5.41) is 5.16. The lowest BCUT2D eigenvalue weighted by atomic mass is 10.2. The lowest BCUT2D eigenvalue weighted by molar-refractivity contribution is 0.230. The van der Waals surface area contributed by atoms with E-state index in [0.29, 0.717) is 15.8 Å². The number of hydrogen-bond donors (Lipinski definition) is 2. The zero-order valence-electron chi connectivity index (χ0n) is 14.0. The van der Waals surface area contributed by atoms with Crippen LogP contribution in [-0.2, 0) is 6.54 Å². The molecule has 1 aliphatic rings. The van der Waals surface area contributed by atoms with E-state index >= 15 is 0 Å². The van der Waals surface area contributed by atoms with Crippen LogP contribution in [0, 0.1) is 0 Å². The second-order valence-electron chi connectivity index (χ2n) is 5.90. The molecule has 6 nitrogen and oxygen atoms in total. The predicted octanol–water partition coefficient (Wildman–Crippen LogP) is 3.08. The van der Waals surface area contributed by atoms with Gasteiger partial charge in [0, 0.05) is 31.9 Å². The molecular formula is C17H19Cl2N5OS. The van der Waals surface area contributed by atoms with E-state index in [0.717, 1.165) is 44.2 Å². The molecule has 9 heteroatoms. The molecule has 1 saturated heterocycles. The molecule has 0 spiro atoms. The highest BCUT2D eigenvalue weighted by atomic mass is 35.5. The molecule has 1 fully saturated rings. The van der Waals surface area contributed by atoms with Crippen LogP contribution in [-0.4, -0.2) is 42.4 Å². The molecule has 1 aromatic heterocycles. The van der Waals surface area contributed by atoms with Gasteiger partial charge in [-0.3, -0.25) is 10.3 Å². The van der Waals surface area contributed by atoms with E-state index in [-0.39, 0.29) is 5.11 Å². The van der Waals surface area contributed by atoms with Crippen LogP contribution in [0.4, 0.5) is 5.69 Å². The summed E-state index contributed by atoms with van der Waals surface area (Å²) in [5.41, 5.74) is 8.90. The summed E-state index contributed by atoms with van der Waals surface area (Å²) in [6.45, 7) is 4.47. The summed E-state index contributed by atoms with van der Waals surface area (Å²) in [6, 6.07) is 9.57. The smallest absolute Gasteiger partial charge is 0.184 e. The number of hydrazone groups is 1. The molecule has 26 heavy (non-hydrogen) atoms. The van der Waals surface area contributed by atoms with Crippen molar-refractivity contribution in [3.63, 3.8) is 0 Å². The summed E-state index contributed by atoms with van der Waals surface area (Å²) in [6.07, 6.45) is 1.55. The van der Waals surface area contributed by atoms with Crippen molar-refractivity contribution in [2.45, 2.75) is 6.54 Å². The van der Waals surface area contributed by atoms with Crippen molar-refractivity contribution in [2.24, 2.45) is 10.8 Å². The topological polar surface area (TPSA) is 70.0 Å². The molecule has 1 aliphatic heterocycles. The summed E-state index contributed by atoms with van der Waals surface area (Å²) in [7, 11) is 0. The van der Waals surface area contributed by atoms with Gasteiger partial charge in [-0.25, -0.2) is 0 Å². The third kappa shape index (κ3) is 5.11. The number of halogens is 2. The number of benzene rings is 1. The Kier molecular flexibility index (Phi) is 6.37. The maximum Gasteiger partial charge on any atom is 0.184 e. The molecular weight excluding hydrogens is 393 g/mol. The third-order valence-electron chi connectivity index (χ3n) is 4.07. The minimum Gasteiger partial charge on any atom is -0.459 e. The van der Waals surface area contributed by atoms with Crippen LogP contribution in [0.1, 0.15) is 11.5 Å². The van der Waals surface area contributed by atoms with E-state index in [9.17, 15) is 0 Å². The average molecular weight is 412 g/mol. The number of piperazine rings is 1. The molecule has 0 amide bonds. The van der Waals surface area contributed by atoms with E-state index in [1.165, 1.54) is 0 Å². The molecule has 1 aromatic carbocycles. The van der Waals surface area contributed by atoms with Crippen LogP contribution in [0.15, 0.2) is 39.9 Å². The lowest BCUT2D eigenvalue weighted by Crippen LogP contribution is -2.45. The highest BCUT2D eigenvalue weighted by molar-refractivity contribution is 7.80. The Morgan fingerprint density at radius 2 is 1.96 bits per heavy atom. The van der Waals surface area contributed by atoms with Crippen molar-refractivity contribution < 1.29 is 4.42 Å². The highest BCUT2D eigenvalue weighted by Crippen LogP contribution is 2.27. The van der Waals surface area contributed by atoms with Crippen molar-refractivity contribution in [3.8, 4) is 0 Å². The second-order valence-corrected chi connectivity index (χ2v) is 7.15. The lowest BCUT2D eigenvalue weighted by Gasteiger charge is -2.35. The number of nitrogens with zero attached hydrogens (tertiary/aromatic N) is 3. The highest BCUT2D eigenvalue weighted by Gasteiger charge is 2.19. The van der Waals surface area contributed by atoms with Gasteiger partial charge in [0.2, 0.25) is 0 Å². The number of nitrogens with two attached hydrogens (primary N) is 1. The van der Waals surface area contributed by atoms with Gasteiger partial charge in [0.1, 0.15) is 11.5 Å². The fourth-order valence-corrected chi connectivity index (χ4v) is 3.12. The van der Waals surface area contributed by atoms with E-state index in [2.05, 4.69) is 32.5 Å². The first kappa shape index (κ1) is 19.0. The van der Waals surface area contributed by atoms with Crippen molar-refractivity contribution in [1.29, 1.82) is 0 Å². The number of hydrogen-bond acceptors (Lipinski definition) is 5. The molecule has 0 aliphatic carbocycles. The van der Waals surface area contributed by atoms with Gasteiger partial charge in [0.15, 0.2) is 5.11 Å². The van der Waals surface area contributed by atoms with Crippen LogP contribution < -0.4 is 16.1 Å². The quantitative estimate of drug-likeness (QED) is 0.447. The van der Waals surface area contributed by atoms with Gasteiger partial charge < -0.3 is 15.1 Å². The Labute approximate surface area is 167 Å². The molecule has 3 rings (SSSR count). The maximum atomic E-state index is 6.11. The van der Waals surface area contributed by atoms with Crippen LogP contribution >= 0.6 is 35.4 Å². The van der Waals surface area contributed by atoms with Gasteiger partial charge in [-0.2, -0.15) is 5.10 Å². The number of thiocarbonyl (C=S) groups is 1. The molecule has 138 valence electrons. The standard InChI is InChI=1S/C17H19Cl2N5OS/c18-15-4-1-12(9-16(15)19)24-7-5-23(6-8-24)11-14-3-2-13(25-14)10-21-22-17(20)26/h1-4,9-10H,5-8,11H2,(H3,20,22,26)/b21-10+. The fraction of sp³-hybridized carbons (Fsp3) is 0.294. The molecule has 0 unspecified atom stereocenters. The summed E-state index contributed by atoms with van der Waals surface area (Å²) < 4.78 is 5.75. The Balaban J connectivity index is 1.51. The fourth-order valence-electron chi connectivity index (χ4n) is 2.77. The average Bonchev–Trinajstić information content (AvgIpc) is 3.05. The van der Waals surface area contributed by atoms with Crippen LogP contribution in [0.3, 0.4) is 0 Å². The number of anilines is 1. The van der Waals surface area contributed by atoms with Crippen molar-refractivity contribution in [1.82, 2.24) is 10.3 Å².